The summed E-state index contributed by atoms with van der Waals surface area (Å²) in [5.41, 5.74) is 3.20. The van der Waals surface area contributed by atoms with Gasteiger partial charge in [-0.2, -0.15) is 0 Å². The van der Waals surface area contributed by atoms with Crippen LogP contribution in [-0.2, 0) is 14.8 Å². The van der Waals surface area contributed by atoms with Crippen molar-refractivity contribution in [2.24, 2.45) is 0 Å². The van der Waals surface area contributed by atoms with Crippen LogP contribution < -0.4 is 19.1 Å². The van der Waals surface area contributed by atoms with Crippen LogP contribution in [0.25, 0.3) is 0 Å². The number of amides is 1. The quantitative estimate of drug-likeness (QED) is 0.518. The lowest BCUT2D eigenvalue weighted by Crippen LogP contribution is -2.41. The number of hydrogen-bond donors (Lipinski definition) is 1. The van der Waals surface area contributed by atoms with Crippen molar-refractivity contribution in [1.29, 1.82) is 0 Å². The smallest absolute Gasteiger partial charge is 0.241 e. The first kappa shape index (κ1) is 24.1. The molecule has 1 N–H and O–H groups in total. The van der Waals surface area contributed by atoms with Gasteiger partial charge < -0.3 is 14.8 Å². The van der Waals surface area contributed by atoms with E-state index in [1.165, 1.54) is 20.3 Å². The Labute approximate surface area is 195 Å². The molecule has 8 heteroatoms. The molecule has 174 valence electrons. The third-order valence-corrected chi connectivity index (χ3v) is 6.33. The van der Waals surface area contributed by atoms with Crippen LogP contribution in [0.2, 0.25) is 0 Å². The minimum absolute atomic E-state index is 0.303. The SMILES string of the molecule is COc1ccc(N(CC(=O)N[C@H](c2ccccc2)c2ccc(C)cc2)S(C)(=O)=O)cc1OC. The van der Waals surface area contributed by atoms with Gasteiger partial charge in [0.05, 0.1) is 32.2 Å². The van der Waals surface area contributed by atoms with Gasteiger partial charge in [0.2, 0.25) is 15.9 Å². The molecule has 0 aliphatic heterocycles. The molecule has 3 rings (SSSR count). The zero-order chi connectivity index (χ0) is 24.0. The zero-order valence-electron chi connectivity index (χ0n) is 19.1. The Hall–Kier alpha value is -3.52. The van der Waals surface area contributed by atoms with Crippen molar-refractivity contribution in [3.63, 3.8) is 0 Å². The molecule has 7 nitrogen and oxygen atoms in total. The molecule has 33 heavy (non-hydrogen) atoms. The average Bonchev–Trinajstić information content (AvgIpc) is 2.81. The van der Waals surface area contributed by atoms with Crippen LogP contribution in [0, 0.1) is 6.92 Å². The van der Waals surface area contributed by atoms with E-state index in [2.05, 4.69) is 5.32 Å². The summed E-state index contributed by atoms with van der Waals surface area (Å²) in [6.07, 6.45) is 1.06. The minimum atomic E-state index is -3.75. The Morgan fingerprint density at radius 2 is 1.52 bits per heavy atom. The number of nitrogens with zero attached hydrogens (tertiary/aromatic N) is 1. The highest BCUT2D eigenvalue weighted by atomic mass is 32.2. The van der Waals surface area contributed by atoms with E-state index in [0.29, 0.717) is 17.2 Å². The maximum Gasteiger partial charge on any atom is 0.241 e. The molecule has 0 aliphatic carbocycles. The molecule has 0 spiro atoms. The Morgan fingerprint density at radius 3 is 2.09 bits per heavy atom. The molecule has 0 heterocycles. The van der Waals surface area contributed by atoms with Gasteiger partial charge >= 0.3 is 0 Å². The summed E-state index contributed by atoms with van der Waals surface area (Å²) in [5, 5.41) is 2.99. The van der Waals surface area contributed by atoms with Crippen LogP contribution in [0.15, 0.2) is 72.8 Å². The maximum absolute atomic E-state index is 13.1. The van der Waals surface area contributed by atoms with Crippen LogP contribution in [0.1, 0.15) is 22.7 Å². The molecule has 0 bridgehead atoms. The summed E-state index contributed by atoms with van der Waals surface area (Å²) in [5.74, 6) is 0.387. The summed E-state index contributed by atoms with van der Waals surface area (Å²) in [6.45, 7) is 1.61. The molecule has 3 aromatic rings. The van der Waals surface area contributed by atoms with Crippen molar-refractivity contribution >= 4 is 21.6 Å². The lowest BCUT2D eigenvalue weighted by Gasteiger charge is -2.25. The van der Waals surface area contributed by atoms with Gasteiger partial charge in [0, 0.05) is 6.07 Å². The predicted molar refractivity (Wildman–Crippen MR) is 129 cm³/mol. The van der Waals surface area contributed by atoms with Gasteiger partial charge in [-0.05, 0) is 30.2 Å². The molecule has 0 aromatic heterocycles. The Kier molecular flexibility index (Phi) is 7.60. The molecule has 0 aliphatic rings. The minimum Gasteiger partial charge on any atom is -0.493 e. The van der Waals surface area contributed by atoms with Gasteiger partial charge in [-0.1, -0.05) is 60.2 Å². The van der Waals surface area contributed by atoms with Crippen LogP contribution in [-0.4, -0.2) is 41.3 Å². The Bertz CT molecular complexity index is 1200. The van der Waals surface area contributed by atoms with Gasteiger partial charge in [-0.15, -0.1) is 0 Å². The Balaban J connectivity index is 1.90. The van der Waals surface area contributed by atoms with Gasteiger partial charge in [0.15, 0.2) is 11.5 Å². The molecule has 0 saturated heterocycles. The normalized spacial score (nSPS) is 12.0. The lowest BCUT2D eigenvalue weighted by atomic mass is 9.98. The van der Waals surface area contributed by atoms with Crippen LogP contribution in [0.3, 0.4) is 0 Å². The summed E-state index contributed by atoms with van der Waals surface area (Å²) >= 11 is 0. The average molecular weight is 469 g/mol. The maximum atomic E-state index is 13.1. The number of ether oxygens (including phenoxy) is 2. The molecule has 0 fully saturated rings. The highest BCUT2D eigenvalue weighted by Crippen LogP contribution is 2.32. The second-order valence-corrected chi connectivity index (χ2v) is 9.54. The number of benzene rings is 3. The standard InChI is InChI=1S/C25H28N2O5S/c1-18-10-12-20(13-11-18)25(19-8-6-5-7-9-19)26-24(28)17-27(33(4,29)30)21-14-15-22(31-2)23(16-21)32-3/h5-16,25H,17H2,1-4H3,(H,26,28)/t25-/m1/s1. The molecule has 0 unspecified atom stereocenters. The fourth-order valence-corrected chi connectivity index (χ4v) is 4.33. The van der Waals surface area contributed by atoms with Crippen molar-refractivity contribution in [3.05, 3.63) is 89.5 Å². The van der Waals surface area contributed by atoms with Crippen molar-refractivity contribution < 1.29 is 22.7 Å². The molecule has 0 saturated carbocycles. The number of methoxy groups -OCH3 is 2. The number of sulfonamides is 1. The van der Waals surface area contributed by atoms with Crippen LogP contribution >= 0.6 is 0 Å². The number of carbonyl (C=O) groups excluding carboxylic acids is 1. The van der Waals surface area contributed by atoms with Crippen LogP contribution in [0.5, 0.6) is 11.5 Å². The molecule has 1 atom stereocenters. The van der Waals surface area contributed by atoms with E-state index in [-0.39, 0.29) is 6.54 Å². The highest BCUT2D eigenvalue weighted by molar-refractivity contribution is 7.92. The number of anilines is 1. The van der Waals surface area contributed by atoms with Gasteiger partial charge in [-0.25, -0.2) is 8.42 Å². The van der Waals surface area contributed by atoms with Gasteiger partial charge in [-0.3, -0.25) is 9.10 Å². The first-order chi connectivity index (χ1) is 15.7. The number of hydrogen-bond acceptors (Lipinski definition) is 5. The van der Waals surface area contributed by atoms with Gasteiger partial charge in [0.25, 0.3) is 0 Å². The summed E-state index contributed by atoms with van der Waals surface area (Å²) in [7, 11) is -0.795. The van der Waals surface area contributed by atoms with Crippen LogP contribution in [0.4, 0.5) is 5.69 Å². The van der Waals surface area contributed by atoms with Crippen molar-refractivity contribution in [2.45, 2.75) is 13.0 Å². The highest BCUT2D eigenvalue weighted by Gasteiger charge is 2.24. The predicted octanol–water partition coefficient (Wildman–Crippen LogP) is 3.68. The van der Waals surface area contributed by atoms with E-state index in [1.54, 1.807) is 12.1 Å². The number of nitrogens with one attached hydrogen (secondary N) is 1. The second kappa shape index (κ2) is 10.4. The number of carbonyl (C=O) groups is 1. The first-order valence-electron chi connectivity index (χ1n) is 10.3. The third kappa shape index (κ3) is 6.04. The zero-order valence-corrected chi connectivity index (χ0v) is 19.9. The lowest BCUT2D eigenvalue weighted by molar-refractivity contribution is -0.120. The molecule has 1 amide bonds. The number of rotatable bonds is 9. The largest absolute Gasteiger partial charge is 0.493 e. The fourth-order valence-electron chi connectivity index (χ4n) is 3.48. The molecular weight excluding hydrogens is 440 g/mol. The van der Waals surface area contributed by atoms with Crippen molar-refractivity contribution in [1.82, 2.24) is 5.32 Å². The molecule has 3 aromatic carbocycles. The second-order valence-electron chi connectivity index (χ2n) is 7.63. The van der Waals surface area contributed by atoms with E-state index < -0.39 is 22.0 Å². The summed E-state index contributed by atoms with van der Waals surface area (Å²) in [6, 6.07) is 21.7. The van der Waals surface area contributed by atoms with Crippen molar-refractivity contribution in [3.8, 4) is 11.5 Å². The van der Waals surface area contributed by atoms with E-state index in [0.717, 1.165) is 27.3 Å². The summed E-state index contributed by atoms with van der Waals surface area (Å²) < 4.78 is 36.7. The first-order valence-corrected chi connectivity index (χ1v) is 12.2. The van der Waals surface area contributed by atoms with Gasteiger partial charge in [0.1, 0.15) is 6.54 Å². The Morgan fingerprint density at radius 1 is 0.909 bits per heavy atom. The van der Waals surface area contributed by atoms with E-state index in [1.807, 2.05) is 61.5 Å². The van der Waals surface area contributed by atoms with E-state index >= 15 is 0 Å². The van der Waals surface area contributed by atoms with Crippen molar-refractivity contribution in [2.75, 3.05) is 31.3 Å². The number of aryl methyl sites for hydroxylation is 1. The third-order valence-electron chi connectivity index (χ3n) is 5.19. The fraction of sp³-hybridized carbons (Fsp3) is 0.240. The molecular formula is C25H28N2O5S. The summed E-state index contributed by atoms with van der Waals surface area (Å²) in [4.78, 5) is 13.1. The van der Waals surface area contributed by atoms with E-state index in [4.69, 9.17) is 9.47 Å². The van der Waals surface area contributed by atoms with E-state index in [9.17, 15) is 13.2 Å². The molecule has 0 radical (unpaired) electrons. The monoisotopic (exact) mass is 468 g/mol. The topological polar surface area (TPSA) is 84.9 Å².